The van der Waals surface area contributed by atoms with Crippen LogP contribution in [0.5, 0.6) is 0 Å². The number of pyridine rings is 1. The number of hydrogen-bond donors (Lipinski definition) is 1. The van der Waals surface area contributed by atoms with E-state index in [1.165, 1.54) is 12.1 Å². The van der Waals surface area contributed by atoms with Gasteiger partial charge in [0.05, 0.1) is 17.4 Å². The molecule has 0 radical (unpaired) electrons. The Kier molecular flexibility index (Phi) is 3.37. The molecule has 1 amide bonds. The number of rotatable bonds is 2. The molecule has 0 saturated heterocycles. The molecule has 0 spiro atoms. The molecule has 0 unspecified atom stereocenters. The van der Waals surface area contributed by atoms with E-state index in [0.29, 0.717) is 5.69 Å². The predicted octanol–water partition coefficient (Wildman–Crippen LogP) is 3.09. The second kappa shape index (κ2) is 4.96. The maximum Gasteiger partial charge on any atom is 0.258 e. The predicted molar refractivity (Wildman–Crippen MR) is 68.1 cm³/mol. The smallest absolute Gasteiger partial charge is 0.258 e. The van der Waals surface area contributed by atoms with Crippen molar-refractivity contribution < 1.29 is 9.18 Å². The van der Waals surface area contributed by atoms with Crippen molar-refractivity contribution >= 4 is 11.6 Å². The second-order valence-electron chi connectivity index (χ2n) is 4.13. The molecule has 0 aliphatic rings. The molecule has 1 aromatic heterocycles. The van der Waals surface area contributed by atoms with Gasteiger partial charge in [-0.05, 0) is 38.1 Å². The van der Waals surface area contributed by atoms with E-state index in [1.54, 1.807) is 24.4 Å². The molecule has 0 bridgehead atoms. The molecule has 4 heteroatoms. The summed E-state index contributed by atoms with van der Waals surface area (Å²) < 4.78 is 13.5. The van der Waals surface area contributed by atoms with Gasteiger partial charge >= 0.3 is 0 Å². The highest BCUT2D eigenvalue weighted by atomic mass is 19.1. The lowest BCUT2D eigenvalue weighted by Crippen LogP contribution is -2.14. The summed E-state index contributed by atoms with van der Waals surface area (Å²) in [7, 11) is 0. The molecule has 0 aliphatic heterocycles. The largest absolute Gasteiger partial charge is 0.320 e. The van der Waals surface area contributed by atoms with Gasteiger partial charge in [-0.3, -0.25) is 9.78 Å². The topological polar surface area (TPSA) is 42.0 Å². The Hall–Kier alpha value is -2.23. The van der Waals surface area contributed by atoms with Crippen LogP contribution in [-0.2, 0) is 0 Å². The lowest BCUT2D eigenvalue weighted by atomic mass is 10.1. The van der Waals surface area contributed by atoms with Gasteiger partial charge in [-0.25, -0.2) is 4.39 Å². The lowest BCUT2D eigenvalue weighted by molar-refractivity contribution is 0.102. The third-order valence-corrected chi connectivity index (χ3v) is 2.54. The van der Waals surface area contributed by atoms with Crippen molar-refractivity contribution in [3.63, 3.8) is 0 Å². The molecule has 3 nitrogen and oxygen atoms in total. The van der Waals surface area contributed by atoms with Crippen LogP contribution >= 0.6 is 0 Å². The van der Waals surface area contributed by atoms with Gasteiger partial charge in [0.1, 0.15) is 5.82 Å². The SMILES string of the molecule is Cc1ccc(F)c(C(=O)Nc2ccc(C)nc2)c1. The van der Waals surface area contributed by atoms with Crippen LogP contribution < -0.4 is 5.32 Å². The average molecular weight is 244 g/mol. The van der Waals surface area contributed by atoms with Crippen molar-refractivity contribution in [3.8, 4) is 0 Å². The zero-order chi connectivity index (χ0) is 13.1. The van der Waals surface area contributed by atoms with Gasteiger partial charge in [-0.1, -0.05) is 11.6 Å². The van der Waals surface area contributed by atoms with Gasteiger partial charge in [-0.15, -0.1) is 0 Å². The highest BCUT2D eigenvalue weighted by Crippen LogP contribution is 2.13. The van der Waals surface area contributed by atoms with Crippen molar-refractivity contribution in [2.75, 3.05) is 5.32 Å². The van der Waals surface area contributed by atoms with Gasteiger partial charge in [0.15, 0.2) is 0 Å². The number of aryl methyl sites for hydroxylation is 2. The summed E-state index contributed by atoms with van der Waals surface area (Å²) in [4.78, 5) is 16.0. The average Bonchev–Trinajstić information content (AvgIpc) is 2.35. The fourth-order valence-corrected chi connectivity index (χ4v) is 1.55. The quantitative estimate of drug-likeness (QED) is 0.882. The summed E-state index contributed by atoms with van der Waals surface area (Å²) >= 11 is 0. The van der Waals surface area contributed by atoms with E-state index in [9.17, 15) is 9.18 Å². The lowest BCUT2D eigenvalue weighted by Gasteiger charge is -2.06. The standard InChI is InChI=1S/C14H13FN2O/c1-9-3-6-13(15)12(7-9)14(18)17-11-5-4-10(2)16-8-11/h3-8H,1-2H3,(H,17,18). The normalized spacial score (nSPS) is 10.2. The van der Waals surface area contributed by atoms with Crippen molar-refractivity contribution in [1.82, 2.24) is 4.98 Å². The van der Waals surface area contributed by atoms with E-state index >= 15 is 0 Å². The van der Waals surface area contributed by atoms with Crippen molar-refractivity contribution in [3.05, 3.63) is 59.2 Å². The minimum atomic E-state index is -0.529. The number of anilines is 1. The first kappa shape index (κ1) is 12.2. The van der Waals surface area contributed by atoms with E-state index in [4.69, 9.17) is 0 Å². The van der Waals surface area contributed by atoms with Gasteiger partial charge < -0.3 is 5.32 Å². The minimum absolute atomic E-state index is 0.0376. The monoisotopic (exact) mass is 244 g/mol. The van der Waals surface area contributed by atoms with Crippen LogP contribution in [0.1, 0.15) is 21.6 Å². The Bertz CT molecular complexity index is 579. The summed E-state index contributed by atoms with van der Waals surface area (Å²) in [5.41, 5.74) is 2.28. The summed E-state index contributed by atoms with van der Waals surface area (Å²) in [6, 6.07) is 7.94. The van der Waals surface area contributed by atoms with Gasteiger partial charge in [0.25, 0.3) is 5.91 Å². The number of aromatic nitrogens is 1. The zero-order valence-electron chi connectivity index (χ0n) is 10.2. The number of nitrogens with zero attached hydrogens (tertiary/aromatic N) is 1. The summed E-state index contributed by atoms with van der Waals surface area (Å²) in [5.74, 6) is -1.000. The summed E-state index contributed by atoms with van der Waals surface area (Å²) in [5, 5.41) is 2.61. The molecule has 2 aromatic rings. The molecule has 0 aliphatic carbocycles. The first-order valence-electron chi connectivity index (χ1n) is 5.56. The fourth-order valence-electron chi connectivity index (χ4n) is 1.55. The molecule has 0 saturated carbocycles. The Labute approximate surface area is 105 Å². The van der Waals surface area contributed by atoms with E-state index in [0.717, 1.165) is 11.3 Å². The number of benzene rings is 1. The van der Waals surface area contributed by atoms with E-state index < -0.39 is 11.7 Å². The van der Waals surface area contributed by atoms with Crippen LogP contribution in [0.25, 0.3) is 0 Å². The molecule has 1 heterocycles. The third kappa shape index (κ3) is 2.71. The number of amides is 1. The molecule has 92 valence electrons. The fraction of sp³-hybridized carbons (Fsp3) is 0.143. The zero-order valence-corrected chi connectivity index (χ0v) is 10.2. The Morgan fingerprint density at radius 2 is 2.00 bits per heavy atom. The molecule has 18 heavy (non-hydrogen) atoms. The summed E-state index contributed by atoms with van der Waals surface area (Å²) in [6.45, 7) is 3.66. The second-order valence-corrected chi connectivity index (χ2v) is 4.13. The number of halogens is 1. The first-order chi connectivity index (χ1) is 8.56. The molecular formula is C14H13FN2O. The molecular weight excluding hydrogens is 231 g/mol. The Morgan fingerprint density at radius 1 is 1.22 bits per heavy atom. The van der Waals surface area contributed by atoms with Crippen LogP contribution in [0.2, 0.25) is 0 Å². The molecule has 1 N–H and O–H groups in total. The van der Waals surface area contributed by atoms with E-state index in [2.05, 4.69) is 10.3 Å². The maximum absolute atomic E-state index is 13.5. The summed E-state index contributed by atoms with van der Waals surface area (Å²) in [6.07, 6.45) is 1.54. The number of hydrogen-bond acceptors (Lipinski definition) is 2. The van der Waals surface area contributed by atoms with E-state index in [1.807, 2.05) is 13.8 Å². The van der Waals surface area contributed by atoms with Crippen molar-refractivity contribution in [1.29, 1.82) is 0 Å². The molecule has 0 atom stereocenters. The number of carbonyl (C=O) groups is 1. The maximum atomic E-state index is 13.5. The van der Waals surface area contributed by atoms with Gasteiger partial charge in [0, 0.05) is 5.69 Å². The minimum Gasteiger partial charge on any atom is -0.320 e. The number of carbonyl (C=O) groups excluding carboxylic acids is 1. The van der Waals surface area contributed by atoms with Crippen LogP contribution in [0.4, 0.5) is 10.1 Å². The first-order valence-corrected chi connectivity index (χ1v) is 5.56. The highest BCUT2D eigenvalue weighted by Gasteiger charge is 2.11. The van der Waals surface area contributed by atoms with Crippen molar-refractivity contribution in [2.45, 2.75) is 13.8 Å². The molecule has 1 aromatic carbocycles. The van der Waals surface area contributed by atoms with Crippen LogP contribution in [0.3, 0.4) is 0 Å². The van der Waals surface area contributed by atoms with Crippen LogP contribution in [-0.4, -0.2) is 10.9 Å². The number of nitrogens with one attached hydrogen (secondary N) is 1. The van der Waals surface area contributed by atoms with Crippen LogP contribution in [0, 0.1) is 19.7 Å². The Morgan fingerprint density at radius 3 is 2.67 bits per heavy atom. The van der Waals surface area contributed by atoms with E-state index in [-0.39, 0.29) is 5.56 Å². The van der Waals surface area contributed by atoms with Gasteiger partial charge in [0.2, 0.25) is 0 Å². The molecule has 2 rings (SSSR count). The van der Waals surface area contributed by atoms with Crippen LogP contribution in [0.15, 0.2) is 36.5 Å². The highest BCUT2D eigenvalue weighted by molar-refractivity contribution is 6.04. The van der Waals surface area contributed by atoms with Gasteiger partial charge in [-0.2, -0.15) is 0 Å². The Balaban J connectivity index is 2.21. The van der Waals surface area contributed by atoms with Crippen molar-refractivity contribution in [2.24, 2.45) is 0 Å². The third-order valence-electron chi connectivity index (χ3n) is 2.54. The molecule has 0 fully saturated rings.